The van der Waals surface area contributed by atoms with Crippen LogP contribution in [0.3, 0.4) is 0 Å². The highest BCUT2D eigenvalue weighted by Gasteiger charge is 2.19. The monoisotopic (exact) mass is 390 g/mol. The van der Waals surface area contributed by atoms with E-state index >= 15 is 0 Å². The first kappa shape index (κ1) is 11.7. The van der Waals surface area contributed by atoms with E-state index < -0.39 is 0 Å². The molecule has 72 valence electrons. The lowest BCUT2D eigenvalue weighted by Crippen LogP contribution is -2.01. The van der Waals surface area contributed by atoms with E-state index in [0.717, 1.165) is 9.35 Å². The molecule has 1 rings (SSSR count). The molecule has 0 bridgehead atoms. The maximum absolute atomic E-state index is 11.3. The summed E-state index contributed by atoms with van der Waals surface area (Å²) in [6.07, 6.45) is 0. The third-order valence-electron chi connectivity index (χ3n) is 1.34. The predicted molar refractivity (Wildman–Crippen MR) is 64.0 cm³/mol. The van der Waals surface area contributed by atoms with Gasteiger partial charge >= 0.3 is 5.97 Å². The van der Waals surface area contributed by atoms with Gasteiger partial charge in [0.05, 0.1) is 14.6 Å². The van der Waals surface area contributed by atoms with Gasteiger partial charge in [0.25, 0.3) is 0 Å². The normalized spacial score (nSPS) is 10.5. The van der Waals surface area contributed by atoms with Crippen LogP contribution in [0.1, 0.15) is 19.0 Å². The minimum Gasteiger partial charge on any atom is -0.465 e. The van der Waals surface area contributed by atoms with Crippen molar-refractivity contribution >= 4 is 65.1 Å². The van der Waals surface area contributed by atoms with Crippen LogP contribution in [0.2, 0.25) is 0 Å². The summed E-state index contributed by atoms with van der Waals surface area (Å²) in [4.78, 5) is 11.9. The average Bonchev–Trinajstić information content (AvgIpc) is 2.46. The second-order valence-electron chi connectivity index (χ2n) is 2.13. The Morgan fingerprint density at radius 2 is 2.23 bits per heavy atom. The lowest BCUT2D eigenvalue weighted by molar-refractivity contribution is 0.0605. The van der Waals surface area contributed by atoms with Crippen molar-refractivity contribution in [2.24, 2.45) is 0 Å². The van der Waals surface area contributed by atoms with Gasteiger partial charge in [0.2, 0.25) is 0 Å². The van der Waals surface area contributed by atoms with Crippen molar-refractivity contribution in [1.29, 1.82) is 0 Å². The minimum atomic E-state index is -0.311. The first-order valence-electron chi connectivity index (χ1n) is 3.22. The zero-order chi connectivity index (χ0) is 10.0. The van der Waals surface area contributed by atoms with E-state index in [4.69, 9.17) is 0 Å². The van der Waals surface area contributed by atoms with E-state index in [1.54, 1.807) is 0 Å². The standard InChI is InChI=1S/C7H5Br3O2S/c1-12-7(11)5-3(6(9)10)2-4(8)13-5/h2,6H,1H3. The number of methoxy groups -OCH3 is 1. The number of hydrogen-bond donors (Lipinski definition) is 0. The molecule has 0 aliphatic carbocycles. The van der Waals surface area contributed by atoms with Crippen molar-refractivity contribution < 1.29 is 9.53 Å². The zero-order valence-electron chi connectivity index (χ0n) is 6.51. The van der Waals surface area contributed by atoms with Gasteiger partial charge in [0, 0.05) is 5.56 Å². The van der Waals surface area contributed by atoms with E-state index in [0.29, 0.717) is 4.88 Å². The molecule has 0 radical (unpaired) electrons. The van der Waals surface area contributed by atoms with Crippen LogP contribution in [0.5, 0.6) is 0 Å². The Labute approximate surface area is 105 Å². The molecule has 1 heterocycles. The van der Waals surface area contributed by atoms with Gasteiger partial charge in [-0.05, 0) is 22.0 Å². The molecule has 1 aromatic heterocycles. The molecule has 0 N–H and O–H groups in total. The Bertz CT molecular complexity index is 322. The summed E-state index contributed by atoms with van der Waals surface area (Å²) in [5, 5.41) is 0. The summed E-state index contributed by atoms with van der Waals surface area (Å²) in [5.41, 5.74) is 0.878. The van der Waals surface area contributed by atoms with Crippen LogP contribution in [0, 0.1) is 0 Å². The molecule has 0 aliphatic rings. The van der Waals surface area contributed by atoms with Gasteiger partial charge in [-0.25, -0.2) is 4.79 Å². The van der Waals surface area contributed by atoms with Crippen LogP contribution in [0.15, 0.2) is 9.85 Å². The third kappa shape index (κ3) is 2.78. The fraction of sp³-hybridized carbons (Fsp3) is 0.286. The largest absolute Gasteiger partial charge is 0.465 e. The predicted octanol–water partition coefficient (Wildman–Crippen LogP) is 4.09. The minimum absolute atomic E-state index is 0.0309. The van der Waals surface area contributed by atoms with Crippen molar-refractivity contribution in [1.82, 2.24) is 0 Å². The summed E-state index contributed by atoms with van der Waals surface area (Å²) in [7, 11) is 1.37. The Morgan fingerprint density at radius 3 is 2.69 bits per heavy atom. The fourth-order valence-electron chi connectivity index (χ4n) is 0.788. The molecule has 0 amide bonds. The van der Waals surface area contributed by atoms with Gasteiger partial charge < -0.3 is 4.74 Å². The maximum atomic E-state index is 11.3. The lowest BCUT2D eigenvalue weighted by atomic mass is 10.3. The number of thiophene rings is 1. The Kier molecular flexibility index (Phi) is 4.41. The number of esters is 1. The van der Waals surface area contributed by atoms with Crippen LogP contribution >= 0.6 is 59.1 Å². The Hall–Kier alpha value is 0.610. The van der Waals surface area contributed by atoms with Crippen LogP contribution in [-0.2, 0) is 4.74 Å². The van der Waals surface area contributed by atoms with E-state index in [1.807, 2.05) is 6.07 Å². The van der Waals surface area contributed by atoms with Gasteiger partial charge in [-0.3, -0.25) is 0 Å². The molecule has 0 fully saturated rings. The first-order valence-corrected chi connectivity index (χ1v) is 6.66. The molecule has 6 heteroatoms. The topological polar surface area (TPSA) is 26.3 Å². The number of alkyl halides is 2. The summed E-state index contributed by atoms with van der Waals surface area (Å²) >= 11 is 11.4. The second kappa shape index (κ2) is 4.91. The van der Waals surface area contributed by atoms with Crippen LogP contribution in [0.4, 0.5) is 0 Å². The highest BCUT2D eigenvalue weighted by Crippen LogP contribution is 2.38. The molecular weight excluding hydrogens is 388 g/mol. The molecule has 0 saturated carbocycles. The molecule has 1 aromatic rings. The molecule has 0 unspecified atom stereocenters. The number of carbonyl (C=O) groups excluding carboxylic acids is 1. The van der Waals surface area contributed by atoms with Gasteiger partial charge in [0.15, 0.2) is 0 Å². The van der Waals surface area contributed by atoms with Crippen molar-refractivity contribution in [2.45, 2.75) is 3.74 Å². The summed E-state index contributed by atoms with van der Waals surface area (Å²) in [6.45, 7) is 0. The van der Waals surface area contributed by atoms with Gasteiger partial charge in [-0.2, -0.15) is 0 Å². The number of hydrogen-bond acceptors (Lipinski definition) is 3. The smallest absolute Gasteiger partial charge is 0.348 e. The summed E-state index contributed by atoms with van der Waals surface area (Å²) in [5.74, 6) is -0.311. The summed E-state index contributed by atoms with van der Waals surface area (Å²) in [6, 6.07) is 1.88. The highest BCUT2D eigenvalue weighted by molar-refractivity contribution is 9.24. The number of carbonyl (C=O) groups is 1. The van der Waals surface area contributed by atoms with E-state index in [-0.39, 0.29) is 9.71 Å². The second-order valence-corrected chi connectivity index (χ2v) is 7.62. The molecule has 0 aliphatic heterocycles. The fourth-order valence-corrected chi connectivity index (χ4v) is 3.39. The number of rotatable bonds is 2. The first-order chi connectivity index (χ1) is 6.06. The van der Waals surface area contributed by atoms with Crippen molar-refractivity contribution in [3.63, 3.8) is 0 Å². The Morgan fingerprint density at radius 1 is 1.62 bits per heavy atom. The maximum Gasteiger partial charge on any atom is 0.348 e. The van der Waals surface area contributed by atoms with Gasteiger partial charge in [-0.1, -0.05) is 31.9 Å². The van der Waals surface area contributed by atoms with E-state index in [9.17, 15) is 4.79 Å². The quantitative estimate of drug-likeness (QED) is 0.560. The van der Waals surface area contributed by atoms with Crippen LogP contribution in [0.25, 0.3) is 0 Å². The number of halogens is 3. The Balaban J connectivity index is 3.11. The SMILES string of the molecule is COC(=O)c1sc(Br)cc1C(Br)Br. The molecular formula is C7H5Br3O2S. The molecule has 0 aromatic carbocycles. The van der Waals surface area contributed by atoms with Crippen LogP contribution < -0.4 is 0 Å². The van der Waals surface area contributed by atoms with Crippen molar-refractivity contribution in [3.05, 3.63) is 20.3 Å². The van der Waals surface area contributed by atoms with E-state index in [2.05, 4.69) is 52.5 Å². The van der Waals surface area contributed by atoms with Gasteiger partial charge in [-0.15, -0.1) is 11.3 Å². The van der Waals surface area contributed by atoms with Crippen LogP contribution in [-0.4, -0.2) is 13.1 Å². The molecule has 13 heavy (non-hydrogen) atoms. The third-order valence-corrected chi connectivity index (χ3v) is 3.96. The average molecular weight is 393 g/mol. The van der Waals surface area contributed by atoms with Crippen molar-refractivity contribution in [3.8, 4) is 0 Å². The molecule has 0 spiro atoms. The lowest BCUT2D eigenvalue weighted by Gasteiger charge is -2.01. The van der Waals surface area contributed by atoms with Crippen molar-refractivity contribution in [2.75, 3.05) is 7.11 Å². The molecule has 0 atom stereocenters. The zero-order valence-corrected chi connectivity index (χ0v) is 12.1. The van der Waals surface area contributed by atoms with Gasteiger partial charge in [0.1, 0.15) is 4.88 Å². The highest BCUT2D eigenvalue weighted by atomic mass is 79.9. The molecule has 2 nitrogen and oxygen atoms in total. The van der Waals surface area contributed by atoms with E-state index in [1.165, 1.54) is 18.4 Å². The number of ether oxygens (including phenoxy) is 1. The summed E-state index contributed by atoms with van der Waals surface area (Å²) < 4.78 is 5.53. The molecule has 0 saturated heterocycles.